The van der Waals surface area contributed by atoms with Gasteiger partial charge in [0.05, 0.1) is 19.6 Å². The molecule has 172 valence electrons. The molecule has 1 saturated heterocycles. The van der Waals surface area contributed by atoms with Gasteiger partial charge in [-0.05, 0) is 46.1 Å². The van der Waals surface area contributed by atoms with Crippen LogP contribution >= 0.6 is 0 Å². The lowest BCUT2D eigenvalue weighted by atomic mass is 10.1. The maximum Gasteiger partial charge on any atom is 0.347 e. The zero-order valence-electron chi connectivity index (χ0n) is 19.3. The molecule has 2 aliphatic rings. The van der Waals surface area contributed by atoms with E-state index in [0.717, 1.165) is 24.0 Å². The molecule has 0 aliphatic carbocycles. The van der Waals surface area contributed by atoms with E-state index in [-0.39, 0.29) is 30.7 Å². The molecule has 3 heterocycles. The molecule has 1 N–H and O–H groups in total. The van der Waals surface area contributed by atoms with Crippen LogP contribution in [0.25, 0.3) is 0 Å². The Labute approximate surface area is 188 Å². The fourth-order valence-corrected chi connectivity index (χ4v) is 4.27. The molecule has 0 radical (unpaired) electrons. The summed E-state index contributed by atoms with van der Waals surface area (Å²) in [5, 5.41) is 7.49. The first kappa shape index (κ1) is 22.1. The summed E-state index contributed by atoms with van der Waals surface area (Å²) in [5.74, 6) is 0.323. The van der Waals surface area contributed by atoms with E-state index >= 15 is 0 Å². The van der Waals surface area contributed by atoms with Gasteiger partial charge in [0.25, 0.3) is 0 Å². The second kappa shape index (κ2) is 8.44. The number of aryl methyl sites for hydroxylation is 1. The lowest BCUT2D eigenvalue weighted by Crippen LogP contribution is -2.54. The summed E-state index contributed by atoms with van der Waals surface area (Å²) >= 11 is 0. The summed E-state index contributed by atoms with van der Waals surface area (Å²) in [5.41, 5.74) is 1.38. The Hall–Kier alpha value is -3.10. The first-order valence-corrected chi connectivity index (χ1v) is 11.2. The third-order valence-corrected chi connectivity index (χ3v) is 5.90. The van der Waals surface area contributed by atoms with Gasteiger partial charge in [-0.2, -0.15) is 5.10 Å². The van der Waals surface area contributed by atoms with Gasteiger partial charge < -0.3 is 15.1 Å². The van der Waals surface area contributed by atoms with E-state index in [4.69, 9.17) is 0 Å². The number of aromatic nitrogens is 3. The maximum atomic E-state index is 13.3. The van der Waals surface area contributed by atoms with Crippen LogP contribution in [-0.4, -0.2) is 61.3 Å². The Morgan fingerprint density at radius 3 is 2.38 bits per heavy atom. The van der Waals surface area contributed by atoms with E-state index in [1.165, 1.54) is 9.25 Å². The largest absolute Gasteiger partial charge is 0.347 e. The van der Waals surface area contributed by atoms with E-state index in [1.54, 1.807) is 9.80 Å². The van der Waals surface area contributed by atoms with Crippen LogP contribution in [0, 0.1) is 6.92 Å². The standard InChI is InChI=1S/C23H32N6O3/c1-16-7-9-17(10-8-16)13-28-22(32)29-18(20(30)26-11-5-6-12-26)14-27(15-19(29)25-28)21(31)24-23(2,3)4/h7-10,18H,5-6,11-15H2,1-4H3,(H,24,31). The van der Waals surface area contributed by atoms with Gasteiger partial charge in [-0.25, -0.2) is 14.3 Å². The van der Waals surface area contributed by atoms with Crippen LogP contribution in [0.1, 0.15) is 56.6 Å². The molecule has 9 nitrogen and oxygen atoms in total. The van der Waals surface area contributed by atoms with Gasteiger partial charge in [0.2, 0.25) is 5.91 Å². The Balaban J connectivity index is 1.67. The second-order valence-corrected chi connectivity index (χ2v) is 9.82. The molecule has 1 aromatic carbocycles. The number of carbonyl (C=O) groups excluding carboxylic acids is 2. The number of nitrogens with one attached hydrogen (secondary N) is 1. The summed E-state index contributed by atoms with van der Waals surface area (Å²) in [6, 6.07) is 6.90. The highest BCUT2D eigenvalue weighted by Gasteiger charge is 2.39. The molecule has 2 aliphatic heterocycles. The molecule has 32 heavy (non-hydrogen) atoms. The summed E-state index contributed by atoms with van der Waals surface area (Å²) in [4.78, 5) is 42.9. The molecule has 2 aromatic rings. The Morgan fingerprint density at radius 2 is 1.75 bits per heavy atom. The molecular formula is C23H32N6O3. The van der Waals surface area contributed by atoms with Crippen molar-refractivity contribution in [2.24, 2.45) is 0 Å². The molecule has 1 fully saturated rings. The third kappa shape index (κ3) is 4.56. The molecule has 1 aromatic heterocycles. The highest BCUT2D eigenvalue weighted by Crippen LogP contribution is 2.23. The number of hydrogen-bond donors (Lipinski definition) is 1. The van der Waals surface area contributed by atoms with Crippen molar-refractivity contribution in [3.63, 3.8) is 0 Å². The molecule has 1 atom stereocenters. The molecule has 1 unspecified atom stereocenters. The monoisotopic (exact) mass is 440 g/mol. The minimum atomic E-state index is -0.762. The number of amides is 3. The Morgan fingerprint density at radius 1 is 1.09 bits per heavy atom. The topological polar surface area (TPSA) is 92.5 Å². The summed E-state index contributed by atoms with van der Waals surface area (Å²) < 4.78 is 2.89. The number of nitrogens with zero attached hydrogens (tertiary/aromatic N) is 5. The number of fused-ring (bicyclic) bond motifs is 1. The number of urea groups is 1. The van der Waals surface area contributed by atoms with E-state index in [1.807, 2.05) is 52.0 Å². The van der Waals surface area contributed by atoms with Crippen LogP contribution in [0.4, 0.5) is 4.79 Å². The first-order chi connectivity index (χ1) is 15.1. The van der Waals surface area contributed by atoms with Crippen LogP contribution in [0.15, 0.2) is 29.1 Å². The van der Waals surface area contributed by atoms with Crippen LogP contribution in [0.2, 0.25) is 0 Å². The van der Waals surface area contributed by atoms with Gasteiger partial charge in [0.1, 0.15) is 6.04 Å². The zero-order chi connectivity index (χ0) is 23.0. The molecule has 0 bridgehead atoms. The smallest absolute Gasteiger partial charge is 0.341 e. The van der Waals surface area contributed by atoms with Crippen LogP contribution in [0.5, 0.6) is 0 Å². The minimum absolute atomic E-state index is 0.117. The fraction of sp³-hybridized carbons (Fsp3) is 0.565. The van der Waals surface area contributed by atoms with Crippen molar-refractivity contribution in [3.05, 3.63) is 51.7 Å². The average Bonchev–Trinajstić information content (AvgIpc) is 3.36. The van der Waals surface area contributed by atoms with Crippen molar-refractivity contribution in [2.45, 2.75) is 65.2 Å². The molecular weight excluding hydrogens is 408 g/mol. The normalized spacial score (nSPS) is 18.6. The molecule has 3 amide bonds. The lowest BCUT2D eigenvalue weighted by molar-refractivity contribution is -0.134. The zero-order valence-corrected chi connectivity index (χ0v) is 19.3. The highest BCUT2D eigenvalue weighted by molar-refractivity contribution is 5.83. The molecule has 0 spiro atoms. The summed E-state index contributed by atoms with van der Waals surface area (Å²) in [7, 11) is 0. The third-order valence-electron chi connectivity index (χ3n) is 5.90. The summed E-state index contributed by atoms with van der Waals surface area (Å²) in [6.45, 7) is 9.77. The van der Waals surface area contributed by atoms with Gasteiger partial charge in [0.15, 0.2) is 5.82 Å². The predicted octanol–water partition coefficient (Wildman–Crippen LogP) is 1.89. The Kier molecular flexibility index (Phi) is 5.83. The minimum Gasteiger partial charge on any atom is -0.341 e. The van der Waals surface area contributed by atoms with Crippen molar-refractivity contribution < 1.29 is 9.59 Å². The van der Waals surface area contributed by atoms with Crippen LogP contribution in [-0.2, 0) is 17.9 Å². The molecule has 4 rings (SSSR count). The highest BCUT2D eigenvalue weighted by atomic mass is 16.2. The summed E-state index contributed by atoms with van der Waals surface area (Å²) in [6.07, 6.45) is 1.92. The SMILES string of the molecule is Cc1ccc(Cn2nc3n(c2=O)C(C(=O)N2CCCC2)CN(C(=O)NC(C)(C)C)C3)cc1. The van der Waals surface area contributed by atoms with E-state index in [2.05, 4.69) is 10.4 Å². The van der Waals surface area contributed by atoms with Crippen LogP contribution in [0.3, 0.4) is 0 Å². The fourth-order valence-electron chi connectivity index (χ4n) is 4.27. The van der Waals surface area contributed by atoms with Crippen molar-refractivity contribution >= 4 is 11.9 Å². The van der Waals surface area contributed by atoms with Gasteiger partial charge in [-0.1, -0.05) is 29.8 Å². The van der Waals surface area contributed by atoms with E-state index in [0.29, 0.717) is 25.5 Å². The van der Waals surface area contributed by atoms with Crippen molar-refractivity contribution in [1.82, 2.24) is 29.5 Å². The van der Waals surface area contributed by atoms with Gasteiger partial charge in [0, 0.05) is 18.6 Å². The molecule has 9 heteroatoms. The van der Waals surface area contributed by atoms with E-state index in [9.17, 15) is 14.4 Å². The van der Waals surface area contributed by atoms with E-state index < -0.39 is 11.6 Å². The number of benzene rings is 1. The van der Waals surface area contributed by atoms with Crippen molar-refractivity contribution in [3.8, 4) is 0 Å². The second-order valence-electron chi connectivity index (χ2n) is 9.82. The number of likely N-dealkylation sites (tertiary alicyclic amines) is 1. The quantitative estimate of drug-likeness (QED) is 0.789. The predicted molar refractivity (Wildman–Crippen MR) is 120 cm³/mol. The lowest BCUT2D eigenvalue weighted by Gasteiger charge is -2.35. The Bertz CT molecular complexity index is 1060. The molecule has 0 saturated carbocycles. The van der Waals surface area contributed by atoms with Crippen molar-refractivity contribution in [1.29, 1.82) is 0 Å². The average molecular weight is 441 g/mol. The van der Waals surface area contributed by atoms with Gasteiger partial charge in [-0.3, -0.25) is 9.36 Å². The van der Waals surface area contributed by atoms with Crippen molar-refractivity contribution in [2.75, 3.05) is 19.6 Å². The number of hydrogen-bond acceptors (Lipinski definition) is 4. The van der Waals surface area contributed by atoms with Gasteiger partial charge in [-0.15, -0.1) is 0 Å². The number of carbonyl (C=O) groups is 2. The maximum absolute atomic E-state index is 13.3. The van der Waals surface area contributed by atoms with Gasteiger partial charge >= 0.3 is 11.7 Å². The first-order valence-electron chi connectivity index (χ1n) is 11.2. The number of rotatable bonds is 3. The van der Waals surface area contributed by atoms with Crippen LogP contribution < -0.4 is 11.0 Å².